The van der Waals surface area contributed by atoms with Crippen LogP contribution in [-0.2, 0) is 6.54 Å². The molecule has 2 aliphatic rings. The van der Waals surface area contributed by atoms with Gasteiger partial charge in [-0.1, -0.05) is 23.4 Å². The van der Waals surface area contributed by atoms with Crippen LogP contribution < -0.4 is 4.74 Å². The van der Waals surface area contributed by atoms with E-state index in [-0.39, 0.29) is 0 Å². The second-order valence-electron chi connectivity index (χ2n) is 6.49. The number of hydrogen-bond donors (Lipinski definition) is 0. The van der Waals surface area contributed by atoms with Gasteiger partial charge in [-0.25, -0.2) is 0 Å². The summed E-state index contributed by atoms with van der Waals surface area (Å²) in [6.45, 7) is 5.42. The highest BCUT2D eigenvalue weighted by Crippen LogP contribution is 2.38. The van der Waals surface area contributed by atoms with Crippen molar-refractivity contribution in [3.63, 3.8) is 0 Å². The minimum atomic E-state index is 0.527. The molecule has 2 heterocycles. The fourth-order valence-electron chi connectivity index (χ4n) is 3.08. The monoisotopic (exact) mass is 325 g/mol. The minimum Gasteiger partial charge on any atom is -0.494 e. The van der Waals surface area contributed by atoms with E-state index >= 15 is 0 Å². The van der Waals surface area contributed by atoms with Gasteiger partial charge in [0.15, 0.2) is 5.82 Å². The van der Waals surface area contributed by atoms with Crippen molar-refractivity contribution in [3.8, 4) is 5.75 Å². The number of aromatic nitrogens is 2. The van der Waals surface area contributed by atoms with Crippen LogP contribution in [0.5, 0.6) is 5.75 Å². The van der Waals surface area contributed by atoms with Crippen molar-refractivity contribution in [2.24, 2.45) is 0 Å². The average molecular weight is 325 g/mol. The van der Waals surface area contributed by atoms with Crippen LogP contribution in [0.3, 0.4) is 0 Å². The lowest BCUT2D eigenvalue weighted by Crippen LogP contribution is -2.28. The highest BCUT2D eigenvalue weighted by atomic mass is 16.5. The van der Waals surface area contributed by atoms with Gasteiger partial charge in [0.05, 0.1) is 13.2 Å². The van der Waals surface area contributed by atoms with E-state index in [4.69, 9.17) is 9.26 Å². The summed E-state index contributed by atoms with van der Waals surface area (Å²) in [5.41, 5.74) is 2.69. The molecule has 1 aromatic heterocycles. The Hall–Kier alpha value is -2.14. The molecule has 0 spiro atoms. The maximum atomic E-state index is 5.50. The highest BCUT2D eigenvalue weighted by Gasteiger charge is 2.29. The van der Waals surface area contributed by atoms with Crippen LogP contribution in [0, 0.1) is 0 Å². The van der Waals surface area contributed by atoms with Gasteiger partial charge in [0.1, 0.15) is 5.75 Å². The number of hydrogen-bond acceptors (Lipinski definition) is 5. The van der Waals surface area contributed by atoms with E-state index < -0.39 is 0 Å². The molecule has 0 amide bonds. The summed E-state index contributed by atoms with van der Waals surface area (Å²) in [6, 6.07) is 8.39. The first-order valence-corrected chi connectivity index (χ1v) is 8.79. The molecule has 24 heavy (non-hydrogen) atoms. The molecule has 0 unspecified atom stereocenters. The topological polar surface area (TPSA) is 51.4 Å². The summed E-state index contributed by atoms with van der Waals surface area (Å²) in [6.07, 6.45) is 5.74. The first kappa shape index (κ1) is 15.4. The van der Waals surface area contributed by atoms with Crippen LogP contribution in [0.4, 0.5) is 0 Å². The van der Waals surface area contributed by atoms with E-state index in [1.54, 1.807) is 0 Å². The van der Waals surface area contributed by atoms with Crippen molar-refractivity contribution < 1.29 is 9.26 Å². The van der Waals surface area contributed by atoms with E-state index in [1.807, 2.05) is 19.1 Å². The molecule has 4 rings (SSSR count). The molecule has 0 radical (unpaired) electrons. The Kier molecular flexibility index (Phi) is 4.34. The summed E-state index contributed by atoms with van der Waals surface area (Å²) in [4.78, 5) is 6.88. The van der Waals surface area contributed by atoms with Gasteiger partial charge in [-0.05, 0) is 49.5 Å². The molecular formula is C19H23N3O2. The highest BCUT2D eigenvalue weighted by molar-refractivity contribution is 5.67. The Labute approximate surface area is 142 Å². The van der Waals surface area contributed by atoms with Crippen molar-refractivity contribution in [2.45, 2.75) is 38.6 Å². The second-order valence-corrected chi connectivity index (χ2v) is 6.49. The molecule has 0 bridgehead atoms. The Morgan fingerprint density at radius 1 is 1.25 bits per heavy atom. The molecule has 126 valence electrons. The lowest BCUT2D eigenvalue weighted by Gasteiger charge is -2.25. The van der Waals surface area contributed by atoms with Crippen LogP contribution in [0.25, 0.3) is 5.57 Å². The van der Waals surface area contributed by atoms with Crippen LogP contribution >= 0.6 is 0 Å². The van der Waals surface area contributed by atoms with E-state index in [1.165, 1.54) is 24.0 Å². The predicted molar refractivity (Wildman–Crippen MR) is 91.8 cm³/mol. The zero-order valence-electron chi connectivity index (χ0n) is 14.1. The third-order valence-electron chi connectivity index (χ3n) is 4.60. The standard InChI is InChI=1S/C19H23N3O2/c1-2-23-17-7-5-14(6-8-17)15-9-11-22(12-10-15)13-18-20-19(24-21-18)16-3-4-16/h5-9,16H,2-4,10-13H2,1H3. The average Bonchev–Trinajstić information content (AvgIpc) is 3.37. The Morgan fingerprint density at radius 3 is 2.75 bits per heavy atom. The Morgan fingerprint density at radius 2 is 2.08 bits per heavy atom. The molecule has 5 nitrogen and oxygen atoms in total. The normalized spacial score (nSPS) is 18.5. The van der Waals surface area contributed by atoms with E-state index in [9.17, 15) is 0 Å². The lowest BCUT2D eigenvalue weighted by atomic mass is 9.99. The Bertz CT molecular complexity index is 716. The molecular weight excluding hydrogens is 302 g/mol. The van der Waals surface area contributed by atoms with Crippen LogP contribution in [0.1, 0.15) is 49.4 Å². The van der Waals surface area contributed by atoms with Crippen LogP contribution in [0.2, 0.25) is 0 Å². The fraction of sp³-hybridized carbons (Fsp3) is 0.474. The third-order valence-corrected chi connectivity index (χ3v) is 4.60. The van der Waals surface area contributed by atoms with Gasteiger partial charge in [0.25, 0.3) is 0 Å². The summed E-state index contributed by atoms with van der Waals surface area (Å²) in [7, 11) is 0. The first-order chi connectivity index (χ1) is 11.8. The molecule has 0 N–H and O–H groups in total. The third kappa shape index (κ3) is 3.51. The Balaban J connectivity index is 1.35. The largest absolute Gasteiger partial charge is 0.494 e. The zero-order valence-corrected chi connectivity index (χ0v) is 14.1. The lowest BCUT2D eigenvalue weighted by molar-refractivity contribution is 0.279. The van der Waals surface area contributed by atoms with E-state index in [0.717, 1.165) is 43.5 Å². The van der Waals surface area contributed by atoms with Gasteiger partial charge in [-0.15, -0.1) is 0 Å². The summed E-state index contributed by atoms with van der Waals surface area (Å²) >= 11 is 0. The quantitative estimate of drug-likeness (QED) is 0.811. The zero-order chi connectivity index (χ0) is 16.4. The van der Waals surface area contributed by atoms with Crippen molar-refractivity contribution in [1.82, 2.24) is 15.0 Å². The first-order valence-electron chi connectivity index (χ1n) is 8.79. The minimum absolute atomic E-state index is 0.527. The van der Waals surface area contributed by atoms with Crippen molar-refractivity contribution in [3.05, 3.63) is 47.6 Å². The second kappa shape index (κ2) is 6.77. The van der Waals surface area contributed by atoms with Gasteiger partial charge in [-0.2, -0.15) is 4.98 Å². The number of rotatable bonds is 6. The van der Waals surface area contributed by atoms with Gasteiger partial charge in [0, 0.05) is 19.0 Å². The number of ether oxygens (including phenoxy) is 1. The maximum Gasteiger partial charge on any atom is 0.229 e. The summed E-state index contributed by atoms with van der Waals surface area (Å²) in [5.74, 6) is 3.10. The maximum absolute atomic E-state index is 5.50. The molecule has 0 atom stereocenters. The van der Waals surface area contributed by atoms with Crippen molar-refractivity contribution in [1.29, 1.82) is 0 Å². The van der Waals surface area contributed by atoms with Crippen LogP contribution in [0.15, 0.2) is 34.9 Å². The molecule has 2 aromatic rings. The predicted octanol–water partition coefficient (Wildman–Crippen LogP) is 3.64. The number of benzene rings is 1. The van der Waals surface area contributed by atoms with Gasteiger partial charge in [0.2, 0.25) is 5.89 Å². The van der Waals surface area contributed by atoms with E-state index in [0.29, 0.717) is 12.5 Å². The number of nitrogens with zero attached hydrogens (tertiary/aromatic N) is 3. The molecule has 1 aliphatic carbocycles. The molecule has 1 saturated carbocycles. The van der Waals surface area contributed by atoms with Gasteiger partial charge < -0.3 is 9.26 Å². The molecule has 1 fully saturated rings. The SMILES string of the molecule is CCOc1ccc(C2=CCN(Cc3noc(C4CC4)n3)CC2)cc1. The van der Waals surface area contributed by atoms with Crippen molar-refractivity contribution in [2.75, 3.05) is 19.7 Å². The summed E-state index contributed by atoms with van der Waals surface area (Å²) < 4.78 is 10.8. The molecule has 1 aromatic carbocycles. The smallest absolute Gasteiger partial charge is 0.229 e. The van der Waals surface area contributed by atoms with Crippen LogP contribution in [-0.4, -0.2) is 34.7 Å². The van der Waals surface area contributed by atoms with Crippen molar-refractivity contribution >= 4 is 5.57 Å². The van der Waals surface area contributed by atoms with Gasteiger partial charge >= 0.3 is 0 Å². The fourth-order valence-corrected chi connectivity index (χ4v) is 3.08. The van der Waals surface area contributed by atoms with Gasteiger partial charge in [-0.3, -0.25) is 4.90 Å². The summed E-state index contributed by atoms with van der Waals surface area (Å²) in [5, 5.41) is 4.11. The molecule has 5 heteroatoms. The van der Waals surface area contributed by atoms with E-state index in [2.05, 4.69) is 33.2 Å². The molecule has 0 saturated heterocycles. The molecule has 1 aliphatic heterocycles.